The summed E-state index contributed by atoms with van der Waals surface area (Å²) in [7, 11) is 0. The zero-order valence-electron chi connectivity index (χ0n) is 19.4. The van der Waals surface area contributed by atoms with Gasteiger partial charge < -0.3 is 10.2 Å². The number of hydrogen-bond acceptors (Lipinski definition) is 3. The molecular formula is C26H34F3NO2. The molecule has 32 heavy (non-hydrogen) atoms. The van der Waals surface area contributed by atoms with Gasteiger partial charge in [-0.15, -0.1) is 0 Å². The van der Waals surface area contributed by atoms with Gasteiger partial charge in [0.1, 0.15) is 11.8 Å². The molecule has 0 bridgehead atoms. The average Bonchev–Trinajstić information content (AvgIpc) is 2.73. The van der Waals surface area contributed by atoms with Crippen molar-refractivity contribution in [1.29, 1.82) is 0 Å². The molecule has 1 heterocycles. The van der Waals surface area contributed by atoms with E-state index >= 15 is 0 Å². The number of benzene rings is 2. The maximum Gasteiger partial charge on any atom is 0.416 e. The Bertz CT molecular complexity index is 911. The van der Waals surface area contributed by atoms with E-state index in [4.69, 9.17) is 0 Å². The first-order chi connectivity index (χ1) is 14.8. The van der Waals surface area contributed by atoms with Crippen LogP contribution in [0.2, 0.25) is 0 Å². The maximum atomic E-state index is 13.0. The lowest BCUT2D eigenvalue weighted by atomic mass is 9.67. The van der Waals surface area contributed by atoms with Gasteiger partial charge in [-0.05, 0) is 62.4 Å². The second-order valence-corrected chi connectivity index (χ2v) is 9.84. The van der Waals surface area contributed by atoms with Crippen LogP contribution in [0.3, 0.4) is 0 Å². The fourth-order valence-corrected chi connectivity index (χ4v) is 4.93. The summed E-state index contributed by atoms with van der Waals surface area (Å²) in [5.41, 5.74) is -0.989. The van der Waals surface area contributed by atoms with Crippen LogP contribution in [0, 0.1) is 0 Å². The number of nitrogens with zero attached hydrogens (tertiary/aromatic N) is 1. The number of aliphatic hydroxyl groups excluding tert-OH is 1. The lowest BCUT2D eigenvalue weighted by Crippen LogP contribution is -2.64. The van der Waals surface area contributed by atoms with Gasteiger partial charge in [-0.25, -0.2) is 0 Å². The standard InChI is InChI=1S/C26H34F3NO2/c1-17-9-8-10-18(2)30(17)23(31)25(5,32)24(3,4)22-12-7-6-11-21(22)19-13-15-20(16-14-19)26(27,28)29/h6-7,11-18,23,31-32H,8-10H2,1-5H3. The lowest BCUT2D eigenvalue weighted by molar-refractivity contribution is -0.195. The van der Waals surface area contributed by atoms with Gasteiger partial charge in [0, 0.05) is 17.5 Å². The van der Waals surface area contributed by atoms with Gasteiger partial charge in [-0.1, -0.05) is 56.7 Å². The molecule has 1 fully saturated rings. The number of likely N-dealkylation sites (tertiary alicyclic amines) is 1. The highest BCUT2D eigenvalue weighted by molar-refractivity contribution is 5.69. The molecule has 1 saturated heterocycles. The minimum absolute atomic E-state index is 0.140. The predicted octanol–water partition coefficient (Wildman–Crippen LogP) is 5.98. The molecule has 3 nitrogen and oxygen atoms in total. The largest absolute Gasteiger partial charge is 0.416 e. The molecule has 1 aliphatic rings. The molecule has 6 heteroatoms. The van der Waals surface area contributed by atoms with Crippen LogP contribution >= 0.6 is 0 Å². The van der Waals surface area contributed by atoms with Crippen molar-refractivity contribution < 1.29 is 23.4 Å². The topological polar surface area (TPSA) is 43.7 Å². The fourth-order valence-electron chi connectivity index (χ4n) is 4.93. The van der Waals surface area contributed by atoms with Gasteiger partial charge in [-0.2, -0.15) is 13.2 Å². The fraction of sp³-hybridized carbons (Fsp3) is 0.538. The summed E-state index contributed by atoms with van der Waals surface area (Å²) in [6, 6.07) is 12.7. The zero-order chi connectivity index (χ0) is 23.9. The van der Waals surface area contributed by atoms with E-state index in [9.17, 15) is 23.4 Å². The van der Waals surface area contributed by atoms with Gasteiger partial charge in [0.2, 0.25) is 0 Å². The van der Waals surface area contributed by atoms with Crippen molar-refractivity contribution in [2.75, 3.05) is 0 Å². The first-order valence-corrected chi connectivity index (χ1v) is 11.2. The first kappa shape index (κ1) is 24.7. The van der Waals surface area contributed by atoms with Crippen molar-refractivity contribution in [3.63, 3.8) is 0 Å². The van der Waals surface area contributed by atoms with Crippen molar-refractivity contribution in [2.24, 2.45) is 0 Å². The normalized spacial score (nSPS) is 23.6. The summed E-state index contributed by atoms with van der Waals surface area (Å²) in [6.07, 6.45) is -2.48. The molecule has 3 rings (SSSR count). The molecule has 0 spiro atoms. The molecule has 0 aliphatic carbocycles. The Morgan fingerprint density at radius 1 is 0.906 bits per heavy atom. The Balaban J connectivity index is 2.01. The number of alkyl halides is 3. The number of rotatable bonds is 5. The molecule has 2 N–H and O–H groups in total. The van der Waals surface area contributed by atoms with Crippen LogP contribution in [0.1, 0.15) is 65.0 Å². The summed E-state index contributed by atoms with van der Waals surface area (Å²) in [6.45, 7) is 9.53. The second-order valence-electron chi connectivity index (χ2n) is 9.84. The molecular weight excluding hydrogens is 415 g/mol. The van der Waals surface area contributed by atoms with Gasteiger partial charge in [-0.3, -0.25) is 4.90 Å². The van der Waals surface area contributed by atoms with Crippen LogP contribution < -0.4 is 0 Å². The molecule has 0 aromatic heterocycles. The zero-order valence-corrected chi connectivity index (χ0v) is 19.4. The van der Waals surface area contributed by atoms with Gasteiger partial charge >= 0.3 is 6.18 Å². The van der Waals surface area contributed by atoms with E-state index in [-0.39, 0.29) is 12.1 Å². The highest BCUT2D eigenvalue weighted by atomic mass is 19.4. The molecule has 2 aromatic rings. The summed E-state index contributed by atoms with van der Waals surface area (Å²) in [4.78, 5) is 1.99. The van der Waals surface area contributed by atoms with Gasteiger partial charge in [0.05, 0.1) is 5.56 Å². The Labute approximate surface area is 188 Å². The lowest BCUT2D eigenvalue weighted by Gasteiger charge is -2.52. The van der Waals surface area contributed by atoms with E-state index in [0.717, 1.165) is 42.5 Å². The SMILES string of the molecule is CC1CCCC(C)N1C(O)C(C)(O)C(C)(C)c1ccccc1-c1ccc(C(F)(F)F)cc1. The third-order valence-electron chi connectivity index (χ3n) is 7.44. The van der Waals surface area contributed by atoms with Crippen LogP contribution in [-0.2, 0) is 11.6 Å². The van der Waals surface area contributed by atoms with Crippen LogP contribution in [0.4, 0.5) is 13.2 Å². The predicted molar refractivity (Wildman–Crippen MR) is 121 cm³/mol. The molecule has 0 radical (unpaired) electrons. The van der Waals surface area contributed by atoms with E-state index in [1.807, 2.05) is 43.0 Å². The Kier molecular flexibility index (Phi) is 6.81. The third-order valence-corrected chi connectivity index (χ3v) is 7.44. The molecule has 4 unspecified atom stereocenters. The monoisotopic (exact) mass is 449 g/mol. The first-order valence-electron chi connectivity index (χ1n) is 11.2. The quantitative estimate of drug-likeness (QED) is 0.590. The molecule has 176 valence electrons. The number of halogens is 3. The van der Waals surface area contributed by atoms with E-state index in [0.29, 0.717) is 5.56 Å². The summed E-state index contributed by atoms with van der Waals surface area (Å²) in [5.74, 6) is 0. The number of aliphatic hydroxyl groups is 2. The van der Waals surface area contributed by atoms with E-state index < -0.39 is 29.0 Å². The average molecular weight is 450 g/mol. The van der Waals surface area contributed by atoms with Gasteiger partial charge in [0.15, 0.2) is 0 Å². The minimum atomic E-state index is -4.40. The van der Waals surface area contributed by atoms with Gasteiger partial charge in [0.25, 0.3) is 0 Å². The number of piperidine rings is 1. The Morgan fingerprint density at radius 3 is 1.97 bits per heavy atom. The van der Waals surface area contributed by atoms with Crippen LogP contribution in [0.25, 0.3) is 11.1 Å². The maximum absolute atomic E-state index is 13.0. The number of hydrogen-bond donors (Lipinski definition) is 2. The van der Waals surface area contributed by atoms with Crippen molar-refractivity contribution in [3.05, 3.63) is 59.7 Å². The molecule has 0 saturated carbocycles. The Morgan fingerprint density at radius 2 is 1.44 bits per heavy atom. The van der Waals surface area contributed by atoms with E-state index in [1.165, 1.54) is 12.1 Å². The minimum Gasteiger partial charge on any atom is -0.385 e. The smallest absolute Gasteiger partial charge is 0.385 e. The highest BCUT2D eigenvalue weighted by Crippen LogP contribution is 2.44. The van der Waals surface area contributed by atoms with Crippen LogP contribution in [-0.4, -0.2) is 39.0 Å². The third kappa shape index (κ3) is 4.45. The molecule has 0 amide bonds. The van der Waals surface area contributed by atoms with Crippen LogP contribution in [0.15, 0.2) is 48.5 Å². The van der Waals surface area contributed by atoms with Crippen molar-refractivity contribution in [2.45, 2.75) is 89.4 Å². The van der Waals surface area contributed by atoms with Crippen LogP contribution in [0.5, 0.6) is 0 Å². The molecule has 1 aliphatic heterocycles. The summed E-state index contributed by atoms with van der Waals surface area (Å²) >= 11 is 0. The van der Waals surface area contributed by atoms with Crippen molar-refractivity contribution >= 4 is 0 Å². The summed E-state index contributed by atoms with van der Waals surface area (Å²) < 4.78 is 39.0. The molecule has 4 atom stereocenters. The molecule has 2 aromatic carbocycles. The van der Waals surface area contributed by atoms with E-state index in [2.05, 4.69) is 13.8 Å². The van der Waals surface area contributed by atoms with Crippen molar-refractivity contribution in [1.82, 2.24) is 4.90 Å². The van der Waals surface area contributed by atoms with Crippen molar-refractivity contribution in [3.8, 4) is 11.1 Å². The highest BCUT2D eigenvalue weighted by Gasteiger charge is 2.51. The Hall–Kier alpha value is -1.89. The van der Waals surface area contributed by atoms with E-state index in [1.54, 1.807) is 6.92 Å². The second kappa shape index (κ2) is 8.81. The summed E-state index contributed by atoms with van der Waals surface area (Å²) in [5, 5.41) is 23.1.